The van der Waals surface area contributed by atoms with Gasteiger partial charge in [0.1, 0.15) is 0 Å². The van der Waals surface area contributed by atoms with Gasteiger partial charge in [-0.05, 0) is 37.0 Å². The molecule has 2 N–H and O–H groups in total. The van der Waals surface area contributed by atoms with Gasteiger partial charge in [-0.15, -0.1) is 0 Å². The van der Waals surface area contributed by atoms with Crippen LogP contribution in [-0.2, 0) is 0 Å². The number of aliphatic hydroxyl groups excluding tert-OH is 1. The van der Waals surface area contributed by atoms with Crippen LogP contribution >= 0.6 is 11.6 Å². The summed E-state index contributed by atoms with van der Waals surface area (Å²) >= 11 is 5.93. The normalized spacial score (nSPS) is 18.6. The Kier molecular flexibility index (Phi) is 4.08. The molecule has 1 unspecified atom stereocenters. The molecule has 1 aliphatic carbocycles. The lowest BCUT2D eigenvalue weighted by atomic mass is 9.98. The Morgan fingerprint density at radius 2 is 2.12 bits per heavy atom. The Morgan fingerprint density at radius 1 is 1.38 bits per heavy atom. The fourth-order valence-electron chi connectivity index (χ4n) is 2.46. The minimum Gasteiger partial charge on any atom is -0.394 e. The van der Waals surface area contributed by atoms with Gasteiger partial charge in [-0.1, -0.05) is 30.5 Å². The SMILES string of the molecule is OCC(Nc1cccc(Cl)c1)C1CCCC1. The second-order valence-corrected chi connectivity index (χ2v) is 4.92. The third kappa shape index (κ3) is 2.89. The molecule has 1 atom stereocenters. The average Bonchev–Trinajstić information content (AvgIpc) is 2.79. The molecule has 1 aliphatic rings. The van der Waals surface area contributed by atoms with Crippen molar-refractivity contribution in [3.05, 3.63) is 29.3 Å². The largest absolute Gasteiger partial charge is 0.394 e. The number of aliphatic hydroxyl groups is 1. The third-order valence-corrected chi connectivity index (χ3v) is 3.58. The van der Waals surface area contributed by atoms with Crippen LogP contribution in [0.25, 0.3) is 0 Å². The van der Waals surface area contributed by atoms with Crippen molar-refractivity contribution in [3.8, 4) is 0 Å². The highest BCUT2D eigenvalue weighted by Crippen LogP contribution is 2.29. The molecule has 1 fully saturated rings. The van der Waals surface area contributed by atoms with Crippen molar-refractivity contribution in [2.24, 2.45) is 5.92 Å². The molecule has 1 aromatic rings. The third-order valence-electron chi connectivity index (χ3n) is 3.34. The van der Waals surface area contributed by atoms with Gasteiger partial charge in [-0.25, -0.2) is 0 Å². The van der Waals surface area contributed by atoms with Crippen molar-refractivity contribution in [2.75, 3.05) is 11.9 Å². The van der Waals surface area contributed by atoms with Crippen LogP contribution in [0.1, 0.15) is 25.7 Å². The summed E-state index contributed by atoms with van der Waals surface area (Å²) in [5.41, 5.74) is 0.999. The van der Waals surface area contributed by atoms with E-state index in [9.17, 15) is 5.11 Å². The van der Waals surface area contributed by atoms with Crippen LogP contribution in [0.2, 0.25) is 5.02 Å². The number of hydrogen-bond donors (Lipinski definition) is 2. The summed E-state index contributed by atoms with van der Waals surface area (Å²) in [7, 11) is 0. The highest BCUT2D eigenvalue weighted by molar-refractivity contribution is 6.30. The van der Waals surface area contributed by atoms with E-state index in [1.807, 2.05) is 24.3 Å². The van der Waals surface area contributed by atoms with Gasteiger partial charge in [0.05, 0.1) is 12.6 Å². The molecule has 1 saturated carbocycles. The van der Waals surface area contributed by atoms with Crippen LogP contribution in [0.4, 0.5) is 5.69 Å². The molecule has 1 aromatic carbocycles. The Hall–Kier alpha value is -0.730. The van der Waals surface area contributed by atoms with E-state index in [1.54, 1.807) is 0 Å². The molecule has 0 spiro atoms. The van der Waals surface area contributed by atoms with Gasteiger partial charge < -0.3 is 10.4 Å². The summed E-state index contributed by atoms with van der Waals surface area (Å²) in [6.07, 6.45) is 5.02. The van der Waals surface area contributed by atoms with Crippen molar-refractivity contribution in [1.82, 2.24) is 0 Å². The Labute approximate surface area is 102 Å². The molecule has 2 rings (SSSR count). The van der Waals surface area contributed by atoms with Gasteiger partial charge >= 0.3 is 0 Å². The maximum atomic E-state index is 9.42. The van der Waals surface area contributed by atoms with Crippen LogP contribution in [0.5, 0.6) is 0 Å². The van der Waals surface area contributed by atoms with E-state index in [0.29, 0.717) is 5.92 Å². The van der Waals surface area contributed by atoms with Crippen LogP contribution in [0.15, 0.2) is 24.3 Å². The second-order valence-electron chi connectivity index (χ2n) is 4.49. The van der Waals surface area contributed by atoms with E-state index >= 15 is 0 Å². The lowest BCUT2D eigenvalue weighted by Crippen LogP contribution is -2.31. The monoisotopic (exact) mass is 239 g/mol. The standard InChI is InChI=1S/C13H18ClNO/c14-11-6-3-7-12(8-11)15-13(9-16)10-4-1-2-5-10/h3,6-8,10,13,15-16H,1-2,4-5,9H2. The summed E-state index contributed by atoms with van der Waals surface area (Å²) in [5.74, 6) is 0.601. The number of benzene rings is 1. The molecule has 0 heterocycles. The van der Waals surface area contributed by atoms with Gasteiger partial charge in [0.15, 0.2) is 0 Å². The molecular weight excluding hydrogens is 222 g/mol. The number of anilines is 1. The minimum absolute atomic E-state index is 0.168. The zero-order valence-electron chi connectivity index (χ0n) is 9.32. The van der Waals surface area contributed by atoms with Crippen molar-refractivity contribution in [1.29, 1.82) is 0 Å². The van der Waals surface area contributed by atoms with Crippen molar-refractivity contribution < 1.29 is 5.11 Å². The molecule has 0 amide bonds. The topological polar surface area (TPSA) is 32.3 Å². The van der Waals surface area contributed by atoms with Gasteiger partial charge in [0.25, 0.3) is 0 Å². The van der Waals surface area contributed by atoms with Crippen molar-refractivity contribution >= 4 is 17.3 Å². The number of rotatable bonds is 4. The fraction of sp³-hybridized carbons (Fsp3) is 0.538. The molecule has 2 nitrogen and oxygen atoms in total. The maximum absolute atomic E-state index is 9.42. The van der Waals surface area contributed by atoms with Crippen molar-refractivity contribution in [2.45, 2.75) is 31.7 Å². The zero-order chi connectivity index (χ0) is 11.4. The van der Waals surface area contributed by atoms with E-state index in [1.165, 1.54) is 25.7 Å². The summed E-state index contributed by atoms with van der Waals surface area (Å²) in [5, 5.41) is 13.5. The zero-order valence-corrected chi connectivity index (χ0v) is 10.1. The molecule has 0 aliphatic heterocycles. The Morgan fingerprint density at radius 3 is 2.75 bits per heavy atom. The predicted molar refractivity (Wildman–Crippen MR) is 67.9 cm³/mol. The Balaban J connectivity index is 2.00. The summed E-state index contributed by atoms with van der Waals surface area (Å²) in [4.78, 5) is 0. The van der Waals surface area contributed by atoms with E-state index in [4.69, 9.17) is 11.6 Å². The summed E-state index contributed by atoms with van der Waals surface area (Å²) in [6, 6.07) is 7.84. The first-order valence-electron chi connectivity index (χ1n) is 5.92. The van der Waals surface area contributed by atoms with Gasteiger partial charge in [-0.3, -0.25) is 0 Å². The minimum atomic E-state index is 0.168. The van der Waals surface area contributed by atoms with Gasteiger partial charge in [0, 0.05) is 10.7 Å². The van der Waals surface area contributed by atoms with Crippen LogP contribution in [0, 0.1) is 5.92 Å². The molecule has 0 saturated heterocycles. The van der Waals surface area contributed by atoms with Crippen LogP contribution in [0.3, 0.4) is 0 Å². The molecule has 0 bridgehead atoms. The first-order chi connectivity index (χ1) is 7.79. The second kappa shape index (κ2) is 5.55. The fourth-order valence-corrected chi connectivity index (χ4v) is 2.65. The number of nitrogens with one attached hydrogen (secondary N) is 1. The Bertz CT molecular complexity index is 336. The van der Waals surface area contributed by atoms with Gasteiger partial charge in [0.2, 0.25) is 0 Å². The maximum Gasteiger partial charge on any atom is 0.0635 e. The first kappa shape index (κ1) is 11.7. The van der Waals surface area contributed by atoms with E-state index in [0.717, 1.165) is 10.7 Å². The van der Waals surface area contributed by atoms with Crippen LogP contribution < -0.4 is 5.32 Å². The molecule has 16 heavy (non-hydrogen) atoms. The van der Waals surface area contributed by atoms with Crippen LogP contribution in [-0.4, -0.2) is 17.8 Å². The molecule has 88 valence electrons. The van der Waals surface area contributed by atoms with E-state index < -0.39 is 0 Å². The molecule has 0 radical (unpaired) electrons. The smallest absolute Gasteiger partial charge is 0.0635 e. The number of halogens is 1. The number of hydrogen-bond acceptors (Lipinski definition) is 2. The van der Waals surface area contributed by atoms with Crippen molar-refractivity contribution in [3.63, 3.8) is 0 Å². The predicted octanol–water partition coefficient (Wildman–Crippen LogP) is 3.30. The molecular formula is C13H18ClNO. The lowest BCUT2D eigenvalue weighted by Gasteiger charge is -2.23. The highest BCUT2D eigenvalue weighted by atomic mass is 35.5. The first-order valence-corrected chi connectivity index (χ1v) is 6.30. The molecule has 0 aromatic heterocycles. The van der Waals surface area contributed by atoms with E-state index in [-0.39, 0.29) is 12.6 Å². The highest BCUT2D eigenvalue weighted by Gasteiger charge is 2.24. The van der Waals surface area contributed by atoms with Gasteiger partial charge in [-0.2, -0.15) is 0 Å². The lowest BCUT2D eigenvalue weighted by molar-refractivity contribution is 0.238. The average molecular weight is 240 g/mol. The quantitative estimate of drug-likeness (QED) is 0.845. The summed E-state index contributed by atoms with van der Waals surface area (Å²) < 4.78 is 0. The van der Waals surface area contributed by atoms with E-state index in [2.05, 4.69) is 5.32 Å². The molecule has 3 heteroatoms. The summed E-state index contributed by atoms with van der Waals surface area (Å²) in [6.45, 7) is 0.192.